The molecule has 1 aromatic rings. The lowest BCUT2D eigenvalue weighted by Crippen LogP contribution is -2.65. The fourth-order valence-corrected chi connectivity index (χ4v) is 4.35. The summed E-state index contributed by atoms with van der Waals surface area (Å²) in [4.78, 5) is 30.5. The number of para-hydroxylation sites is 1. The topological polar surface area (TPSA) is 76.1 Å². The molecule has 3 saturated heterocycles. The van der Waals surface area contributed by atoms with Gasteiger partial charge in [0.15, 0.2) is 0 Å². The minimum atomic E-state index is -0.864. The van der Waals surface area contributed by atoms with Gasteiger partial charge in [0.2, 0.25) is 0 Å². The molecule has 3 atom stereocenters. The molecular weight excluding hydrogens is 320 g/mol. The smallest absolute Gasteiger partial charge is 0.322 e. The zero-order valence-corrected chi connectivity index (χ0v) is 14.2. The number of urea groups is 1. The van der Waals surface area contributed by atoms with Crippen molar-refractivity contribution in [2.24, 2.45) is 0 Å². The Labute approximate surface area is 147 Å². The summed E-state index contributed by atoms with van der Waals surface area (Å²) in [6.45, 7) is 3.53. The zero-order chi connectivity index (χ0) is 17.4. The molecule has 0 spiro atoms. The Morgan fingerprint density at radius 1 is 1.04 bits per heavy atom. The molecule has 2 amide bonds. The van der Waals surface area contributed by atoms with E-state index in [-0.39, 0.29) is 18.1 Å². The van der Waals surface area contributed by atoms with E-state index in [0.717, 1.165) is 25.9 Å². The highest BCUT2D eigenvalue weighted by Gasteiger charge is 2.48. The first kappa shape index (κ1) is 16.2. The van der Waals surface area contributed by atoms with E-state index in [1.165, 1.54) is 5.69 Å². The lowest BCUT2D eigenvalue weighted by molar-refractivity contribution is -0.141. The first-order valence-electron chi connectivity index (χ1n) is 8.98. The van der Waals surface area contributed by atoms with Crippen LogP contribution in [0.15, 0.2) is 30.3 Å². The lowest BCUT2D eigenvalue weighted by Gasteiger charge is -2.44. The number of carboxylic acid groups (broad SMARTS) is 1. The Hall–Kier alpha value is -2.28. The number of nitrogens with one attached hydrogen (secondary N) is 1. The van der Waals surface area contributed by atoms with Gasteiger partial charge >= 0.3 is 12.0 Å². The van der Waals surface area contributed by atoms with Crippen LogP contribution in [0.5, 0.6) is 0 Å². The molecule has 2 bridgehead atoms. The van der Waals surface area contributed by atoms with Crippen LogP contribution in [0.3, 0.4) is 0 Å². The molecule has 134 valence electrons. The number of anilines is 1. The number of fused-ring (bicyclic) bond motifs is 2. The van der Waals surface area contributed by atoms with E-state index in [2.05, 4.69) is 22.3 Å². The number of hydrogen-bond donors (Lipinski definition) is 2. The Morgan fingerprint density at radius 2 is 1.76 bits per heavy atom. The highest BCUT2D eigenvalue weighted by Crippen LogP contribution is 2.31. The molecule has 1 aromatic carbocycles. The summed E-state index contributed by atoms with van der Waals surface area (Å²) in [5, 5.41) is 12.5. The summed E-state index contributed by atoms with van der Waals surface area (Å²) in [6, 6.07) is 9.49. The Kier molecular flexibility index (Phi) is 4.25. The number of rotatable bonds is 2. The average molecular weight is 344 g/mol. The van der Waals surface area contributed by atoms with Crippen LogP contribution in [0.4, 0.5) is 10.5 Å². The van der Waals surface area contributed by atoms with Crippen LogP contribution in [-0.2, 0) is 4.79 Å². The summed E-state index contributed by atoms with van der Waals surface area (Å²) < 4.78 is 0. The van der Waals surface area contributed by atoms with Crippen LogP contribution >= 0.6 is 0 Å². The number of carboxylic acids is 1. The van der Waals surface area contributed by atoms with Gasteiger partial charge in [0.05, 0.1) is 6.04 Å². The van der Waals surface area contributed by atoms with Crippen LogP contribution in [0.2, 0.25) is 0 Å². The fraction of sp³-hybridized carbons (Fsp3) is 0.556. The lowest BCUT2D eigenvalue weighted by atomic mass is 10.1. The van der Waals surface area contributed by atoms with Gasteiger partial charge in [0.25, 0.3) is 0 Å². The number of nitrogens with zero attached hydrogens (tertiary/aromatic N) is 3. The number of hydrogen-bond acceptors (Lipinski definition) is 4. The van der Waals surface area contributed by atoms with Crippen molar-refractivity contribution in [2.75, 3.05) is 37.6 Å². The van der Waals surface area contributed by atoms with Gasteiger partial charge in [-0.15, -0.1) is 0 Å². The average Bonchev–Trinajstić information content (AvgIpc) is 2.94. The summed E-state index contributed by atoms with van der Waals surface area (Å²) in [5.41, 5.74) is 1.18. The second-order valence-electron chi connectivity index (χ2n) is 7.02. The molecule has 0 saturated carbocycles. The summed E-state index contributed by atoms with van der Waals surface area (Å²) >= 11 is 0. The predicted octanol–water partition coefficient (Wildman–Crippen LogP) is 0.818. The van der Waals surface area contributed by atoms with E-state index in [4.69, 9.17) is 0 Å². The highest BCUT2D eigenvalue weighted by atomic mass is 16.4. The van der Waals surface area contributed by atoms with Crippen LogP contribution in [0.25, 0.3) is 0 Å². The van der Waals surface area contributed by atoms with Crippen molar-refractivity contribution >= 4 is 17.7 Å². The minimum Gasteiger partial charge on any atom is -0.480 e. The number of amides is 2. The summed E-state index contributed by atoms with van der Waals surface area (Å²) in [7, 11) is 0. The maximum absolute atomic E-state index is 13.0. The molecule has 3 heterocycles. The van der Waals surface area contributed by atoms with Gasteiger partial charge in [-0.05, 0) is 25.0 Å². The second kappa shape index (κ2) is 6.55. The Bertz CT molecular complexity index is 645. The van der Waals surface area contributed by atoms with Crippen LogP contribution in [-0.4, -0.2) is 77.8 Å². The zero-order valence-electron chi connectivity index (χ0n) is 14.2. The molecule has 3 unspecified atom stereocenters. The van der Waals surface area contributed by atoms with Gasteiger partial charge in [0.1, 0.15) is 6.04 Å². The molecule has 3 fully saturated rings. The van der Waals surface area contributed by atoms with Gasteiger partial charge in [-0.1, -0.05) is 18.2 Å². The van der Waals surface area contributed by atoms with E-state index in [1.54, 1.807) is 0 Å². The number of carbonyl (C=O) groups is 2. The molecule has 0 aromatic heterocycles. The van der Waals surface area contributed by atoms with Crippen molar-refractivity contribution in [3.05, 3.63) is 30.3 Å². The van der Waals surface area contributed by atoms with Gasteiger partial charge in [-0.25, -0.2) is 4.79 Å². The van der Waals surface area contributed by atoms with Gasteiger partial charge in [-0.2, -0.15) is 0 Å². The van der Waals surface area contributed by atoms with Crippen molar-refractivity contribution in [1.82, 2.24) is 15.1 Å². The predicted molar refractivity (Wildman–Crippen MR) is 93.7 cm³/mol. The SMILES string of the molecule is O=C(O)C1NCC2CCC1N2C(=O)N1CCN(c2ccccc2)CC1. The normalized spacial score (nSPS) is 29.0. The molecule has 0 aliphatic carbocycles. The van der Waals surface area contributed by atoms with Crippen molar-refractivity contribution in [3.8, 4) is 0 Å². The third kappa shape index (κ3) is 2.93. The van der Waals surface area contributed by atoms with E-state index >= 15 is 0 Å². The molecule has 3 aliphatic heterocycles. The third-order valence-corrected chi connectivity index (χ3v) is 5.66. The summed E-state index contributed by atoms with van der Waals surface area (Å²) in [5.74, 6) is -0.864. The Balaban J connectivity index is 1.41. The standard InChI is InChI=1S/C18H24N4O3/c23-17(24)16-15-7-6-14(12-19-16)22(15)18(25)21-10-8-20(9-11-21)13-4-2-1-3-5-13/h1-5,14-16,19H,6-12H2,(H,23,24). The number of piperazine rings is 2. The second-order valence-corrected chi connectivity index (χ2v) is 7.02. The largest absolute Gasteiger partial charge is 0.480 e. The maximum Gasteiger partial charge on any atom is 0.322 e. The number of carbonyl (C=O) groups excluding carboxylic acids is 1. The van der Waals surface area contributed by atoms with Crippen molar-refractivity contribution in [1.29, 1.82) is 0 Å². The highest BCUT2D eigenvalue weighted by molar-refractivity contribution is 5.80. The quantitative estimate of drug-likeness (QED) is 0.831. The van der Waals surface area contributed by atoms with Crippen molar-refractivity contribution in [2.45, 2.75) is 31.0 Å². The molecule has 7 nitrogen and oxygen atoms in total. The molecule has 7 heteroatoms. The number of aliphatic carboxylic acids is 1. The third-order valence-electron chi connectivity index (χ3n) is 5.66. The van der Waals surface area contributed by atoms with Crippen molar-refractivity contribution < 1.29 is 14.7 Å². The monoisotopic (exact) mass is 344 g/mol. The minimum absolute atomic E-state index is 0.00737. The molecule has 4 rings (SSSR count). The van der Waals surface area contributed by atoms with Gasteiger partial charge < -0.3 is 25.1 Å². The summed E-state index contributed by atoms with van der Waals surface area (Å²) in [6.07, 6.45) is 1.65. The van der Waals surface area contributed by atoms with Crippen molar-refractivity contribution in [3.63, 3.8) is 0 Å². The van der Waals surface area contributed by atoms with Gasteiger partial charge in [0, 0.05) is 44.5 Å². The molecule has 3 aliphatic rings. The van der Waals surface area contributed by atoms with Gasteiger partial charge in [-0.3, -0.25) is 4.79 Å². The first-order valence-corrected chi connectivity index (χ1v) is 8.98. The number of benzene rings is 1. The van der Waals surface area contributed by atoms with Crippen LogP contribution in [0, 0.1) is 0 Å². The maximum atomic E-state index is 13.0. The van der Waals surface area contributed by atoms with E-state index in [0.29, 0.717) is 19.6 Å². The van der Waals surface area contributed by atoms with E-state index in [1.807, 2.05) is 28.0 Å². The molecule has 2 N–H and O–H groups in total. The fourth-order valence-electron chi connectivity index (χ4n) is 4.35. The van der Waals surface area contributed by atoms with E-state index < -0.39 is 12.0 Å². The van der Waals surface area contributed by atoms with Crippen LogP contribution in [0.1, 0.15) is 12.8 Å². The van der Waals surface area contributed by atoms with Crippen LogP contribution < -0.4 is 10.2 Å². The van der Waals surface area contributed by atoms with E-state index in [9.17, 15) is 14.7 Å². The molecule has 25 heavy (non-hydrogen) atoms. The Morgan fingerprint density at radius 3 is 2.44 bits per heavy atom. The molecular formula is C18H24N4O3. The first-order chi connectivity index (χ1) is 12.1. The molecule has 0 radical (unpaired) electrons.